The summed E-state index contributed by atoms with van der Waals surface area (Å²) < 4.78 is 0. The predicted octanol–water partition coefficient (Wildman–Crippen LogP) is 12.2. The molecule has 0 aliphatic heterocycles. The largest absolute Gasteiger partial charge is 0.481 e. The summed E-state index contributed by atoms with van der Waals surface area (Å²) in [6.45, 7) is 4.52. The van der Waals surface area contributed by atoms with Gasteiger partial charge in [-0.1, -0.05) is 141 Å². The van der Waals surface area contributed by atoms with Gasteiger partial charge in [0.25, 0.3) is 0 Å². The second-order valence-electron chi connectivity index (χ2n) is 11.5. The van der Waals surface area contributed by atoms with Crippen LogP contribution in [-0.4, -0.2) is 22.2 Å². The number of unbranched alkanes of at least 4 members (excludes halogenated alkanes) is 22. The van der Waals surface area contributed by atoms with E-state index in [1.807, 2.05) is 0 Å². The first-order chi connectivity index (χ1) is 19.5. The number of hydrogen-bond acceptors (Lipinski definition) is 2. The van der Waals surface area contributed by atoms with E-state index in [1.54, 1.807) is 0 Å². The Hall–Kier alpha value is -0.645. The Kier molecular flexibility index (Phi) is 45.3. The van der Waals surface area contributed by atoms with E-state index in [-0.39, 0.29) is 27.7 Å². The number of carbonyl (C=O) groups is 2. The van der Waals surface area contributed by atoms with Crippen LogP contribution in [0, 0.1) is 0 Å². The average Bonchev–Trinajstić information content (AvgIpc) is 2.93. The Morgan fingerprint density at radius 2 is 0.610 bits per heavy atom. The van der Waals surface area contributed by atoms with Crippen LogP contribution in [0.3, 0.4) is 0 Å². The topological polar surface area (TPSA) is 74.6 Å². The van der Waals surface area contributed by atoms with Crippen molar-refractivity contribution in [1.29, 1.82) is 0 Å². The van der Waals surface area contributed by atoms with Gasteiger partial charge in [-0.3, -0.25) is 9.59 Å². The van der Waals surface area contributed by atoms with E-state index in [0.717, 1.165) is 25.7 Å². The first-order valence-corrected chi connectivity index (χ1v) is 17.3. The smallest absolute Gasteiger partial charge is 0.303 e. The van der Waals surface area contributed by atoms with Crippen molar-refractivity contribution in [3.05, 3.63) is 24.3 Å². The van der Waals surface area contributed by atoms with Crippen molar-refractivity contribution in [1.82, 2.24) is 0 Å². The van der Waals surface area contributed by atoms with Gasteiger partial charge in [0.15, 0.2) is 0 Å². The fourth-order valence-electron chi connectivity index (χ4n) is 4.69. The molecule has 0 aromatic carbocycles. The monoisotopic (exact) mass is 766 g/mol. The molecule has 0 saturated heterocycles. The molecule has 0 amide bonds. The van der Waals surface area contributed by atoms with Crippen molar-refractivity contribution in [2.24, 2.45) is 0 Å². The molecule has 0 aliphatic carbocycles. The molecule has 0 rings (SSSR count). The molecule has 0 aromatic heterocycles. The number of rotatable bonds is 30. The van der Waals surface area contributed by atoms with E-state index in [2.05, 4.69) is 38.2 Å². The SMILES string of the molecule is CCCCCCCC/C=C\CCCCCCCC(=O)O.CCCCCCCC/C=C\CCCCCCCC(=O)O.[Hg]. The minimum absolute atomic E-state index is 0. The molecule has 0 fully saturated rings. The predicted molar refractivity (Wildman–Crippen MR) is 174 cm³/mol. The Balaban J connectivity index is -0.000000688. The van der Waals surface area contributed by atoms with Crippen molar-refractivity contribution in [2.75, 3.05) is 0 Å². The maximum atomic E-state index is 10.3. The molecule has 0 heterocycles. The Labute approximate surface area is 276 Å². The van der Waals surface area contributed by atoms with Gasteiger partial charge in [0.2, 0.25) is 0 Å². The summed E-state index contributed by atoms with van der Waals surface area (Å²) in [6, 6.07) is 0. The summed E-state index contributed by atoms with van der Waals surface area (Å²) in [5, 5.41) is 17.0. The Morgan fingerprint density at radius 1 is 0.390 bits per heavy atom. The quantitative estimate of drug-likeness (QED) is 0.0434. The molecule has 0 atom stereocenters. The van der Waals surface area contributed by atoms with Crippen LogP contribution >= 0.6 is 0 Å². The molecule has 0 saturated carbocycles. The second kappa shape index (κ2) is 41.5. The van der Waals surface area contributed by atoms with Gasteiger partial charge in [0.05, 0.1) is 0 Å². The standard InChI is InChI=1S/2C18H34O2.Hg/c2*1-2-3-4-5-6-7-8-9-10-11-12-13-14-15-16-17-18(19)20;/h2*9-10H,2-8,11-17H2,1H3,(H,19,20);/b2*10-9-;. The van der Waals surface area contributed by atoms with Crippen LogP contribution in [0.5, 0.6) is 0 Å². The third-order valence-electron chi connectivity index (χ3n) is 7.30. The number of allylic oxidation sites excluding steroid dienone is 4. The molecule has 0 unspecified atom stereocenters. The maximum Gasteiger partial charge on any atom is 0.303 e. The third kappa shape index (κ3) is 49.4. The van der Waals surface area contributed by atoms with E-state index < -0.39 is 11.9 Å². The average molecular weight is 766 g/mol. The van der Waals surface area contributed by atoms with Crippen LogP contribution in [0.1, 0.15) is 194 Å². The molecule has 0 spiro atoms. The van der Waals surface area contributed by atoms with Gasteiger partial charge < -0.3 is 10.2 Å². The molecule has 41 heavy (non-hydrogen) atoms. The molecule has 0 bridgehead atoms. The molecule has 238 valence electrons. The minimum Gasteiger partial charge on any atom is -0.481 e. The van der Waals surface area contributed by atoms with E-state index in [1.165, 1.54) is 141 Å². The molecule has 0 aromatic rings. The number of carboxylic acid groups (broad SMARTS) is 2. The number of hydrogen-bond donors (Lipinski definition) is 2. The van der Waals surface area contributed by atoms with E-state index in [4.69, 9.17) is 10.2 Å². The number of aliphatic carboxylic acids is 2. The zero-order valence-corrected chi connectivity index (χ0v) is 33.0. The molecular formula is C36H68HgO4. The van der Waals surface area contributed by atoms with Crippen LogP contribution in [0.4, 0.5) is 0 Å². The van der Waals surface area contributed by atoms with Crippen LogP contribution in [0.2, 0.25) is 0 Å². The molecule has 0 aliphatic rings. The Morgan fingerprint density at radius 3 is 0.854 bits per heavy atom. The third-order valence-corrected chi connectivity index (χ3v) is 7.30. The van der Waals surface area contributed by atoms with Gasteiger partial charge in [0, 0.05) is 40.5 Å². The van der Waals surface area contributed by atoms with Crippen molar-refractivity contribution in [3.63, 3.8) is 0 Å². The van der Waals surface area contributed by atoms with E-state index in [0.29, 0.717) is 12.8 Å². The van der Waals surface area contributed by atoms with Crippen molar-refractivity contribution >= 4 is 11.9 Å². The molecular weight excluding hydrogens is 697 g/mol. The number of carboxylic acids is 2. The van der Waals surface area contributed by atoms with Gasteiger partial charge in [-0.15, -0.1) is 0 Å². The van der Waals surface area contributed by atoms with Crippen LogP contribution in [-0.2, 0) is 37.3 Å². The van der Waals surface area contributed by atoms with E-state index in [9.17, 15) is 9.59 Å². The second-order valence-corrected chi connectivity index (χ2v) is 11.5. The van der Waals surface area contributed by atoms with Gasteiger partial charge in [-0.05, 0) is 64.2 Å². The fourth-order valence-corrected chi connectivity index (χ4v) is 4.69. The van der Waals surface area contributed by atoms with Gasteiger partial charge >= 0.3 is 11.9 Å². The van der Waals surface area contributed by atoms with Gasteiger partial charge in [0.1, 0.15) is 0 Å². The summed E-state index contributed by atoms with van der Waals surface area (Å²) in [4.78, 5) is 20.6. The van der Waals surface area contributed by atoms with Crippen LogP contribution < -0.4 is 0 Å². The van der Waals surface area contributed by atoms with E-state index >= 15 is 0 Å². The summed E-state index contributed by atoms with van der Waals surface area (Å²) >= 11 is 0. The fraction of sp³-hybridized carbons (Fsp3) is 0.833. The zero-order chi connectivity index (χ0) is 29.8. The van der Waals surface area contributed by atoms with Crippen LogP contribution in [0.25, 0.3) is 0 Å². The van der Waals surface area contributed by atoms with Crippen molar-refractivity contribution in [2.45, 2.75) is 194 Å². The molecule has 2 N–H and O–H groups in total. The van der Waals surface area contributed by atoms with Crippen LogP contribution in [0.15, 0.2) is 24.3 Å². The molecule has 4 nitrogen and oxygen atoms in total. The van der Waals surface area contributed by atoms with Gasteiger partial charge in [-0.25, -0.2) is 0 Å². The Bertz CT molecular complexity index is 524. The first kappa shape index (κ1) is 44.8. The summed E-state index contributed by atoms with van der Waals surface area (Å²) in [5.74, 6) is -1.33. The van der Waals surface area contributed by atoms with Crippen molar-refractivity contribution in [3.8, 4) is 0 Å². The molecule has 0 radical (unpaired) electrons. The zero-order valence-electron chi connectivity index (χ0n) is 27.5. The molecule has 5 heteroatoms. The summed E-state index contributed by atoms with van der Waals surface area (Å²) in [5.41, 5.74) is 0. The summed E-state index contributed by atoms with van der Waals surface area (Å²) in [7, 11) is 0. The minimum atomic E-state index is -0.664. The maximum absolute atomic E-state index is 10.3. The van der Waals surface area contributed by atoms with Crippen molar-refractivity contribution < 1.29 is 47.5 Å². The normalized spacial score (nSPS) is 11.0. The first-order valence-electron chi connectivity index (χ1n) is 17.3. The summed E-state index contributed by atoms with van der Waals surface area (Å²) in [6.07, 6.45) is 42.5. The van der Waals surface area contributed by atoms with Gasteiger partial charge in [-0.2, -0.15) is 0 Å².